The molecule has 1 aromatic heterocycles. The number of thiazole rings is 1. The number of aryl methyl sites for hydroxylation is 1. The largest absolute Gasteiger partial charge is 0.444 e. The molecule has 0 saturated heterocycles. The highest BCUT2D eigenvalue weighted by Gasteiger charge is 2.15. The summed E-state index contributed by atoms with van der Waals surface area (Å²) >= 11 is 1.70. The van der Waals surface area contributed by atoms with E-state index in [0.29, 0.717) is 6.54 Å². The van der Waals surface area contributed by atoms with Crippen molar-refractivity contribution in [1.29, 1.82) is 0 Å². The first-order chi connectivity index (χ1) is 14.9. The van der Waals surface area contributed by atoms with Gasteiger partial charge in [-0.15, -0.1) is 0 Å². The van der Waals surface area contributed by atoms with E-state index in [0.717, 1.165) is 30.0 Å². The lowest BCUT2D eigenvalue weighted by Gasteiger charge is -2.19. The highest BCUT2D eigenvalue weighted by Crippen LogP contribution is 2.27. The molecule has 2 N–H and O–H groups in total. The van der Waals surface area contributed by atoms with Crippen molar-refractivity contribution in [2.24, 2.45) is 0 Å². The Balaban J connectivity index is 1.64. The third-order valence-electron chi connectivity index (χ3n) is 5.07. The number of ether oxygens (including phenoxy) is 1. The van der Waals surface area contributed by atoms with Gasteiger partial charge in [0.15, 0.2) is 5.13 Å². The van der Waals surface area contributed by atoms with Crippen LogP contribution in [0.25, 0.3) is 10.2 Å². The Labute approximate surface area is 192 Å². The van der Waals surface area contributed by atoms with Crippen molar-refractivity contribution in [3.8, 4) is 0 Å². The van der Waals surface area contributed by atoms with Crippen molar-refractivity contribution in [1.82, 2.24) is 10.3 Å². The molecule has 174 valence electrons. The van der Waals surface area contributed by atoms with E-state index >= 15 is 0 Å². The maximum absolute atomic E-state index is 11.6. The fourth-order valence-electron chi connectivity index (χ4n) is 3.45. The summed E-state index contributed by atoms with van der Waals surface area (Å²) in [6.45, 7) is 9.20. The standard InChI is InChI=1S/C25H41N3O2S/c1-5-6-7-8-9-10-11-12-14-20-15-16-21-22(19-20)31-23(28-21)26-17-13-18-27-24(29)30-25(2,3)4/h15-16,19H,5-14,17-18H2,1-4H3,(H,26,28)(H,27,29). The number of unbranched alkanes of at least 4 members (excludes halogenated alkanes) is 7. The third kappa shape index (κ3) is 10.9. The minimum Gasteiger partial charge on any atom is -0.444 e. The van der Waals surface area contributed by atoms with E-state index in [1.54, 1.807) is 11.3 Å². The fourth-order valence-corrected chi connectivity index (χ4v) is 4.41. The molecule has 0 aliphatic rings. The van der Waals surface area contributed by atoms with Gasteiger partial charge in [-0.25, -0.2) is 9.78 Å². The van der Waals surface area contributed by atoms with Crippen molar-refractivity contribution in [3.63, 3.8) is 0 Å². The highest BCUT2D eigenvalue weighted by atomic mass is 32.1. The number of hydrogen-bond donors (Lipinski definition) is 2. The number of benzene rings is 1. The molecule has 2 rings (SSSR count). The Morgan fingerprint density at radius 2 is 1.71 bits per heavy atom. The average molecular weight is 448 g/mol. The first kappa shape index (κ1) is 25.4. The Bertz CT molecular complexity index is 783. The zero-order chi connectivity index (χ0) is 22.5. The number of fused-ring (bicyclic) bond motifs is 1. The van der Waals surface area contributed by atoms with Crippen molar-refractivity contribution in [2.45, 2.75) is 97.5 Å². The van der Waals surface area contributed by atoms with E-state index in [4.69, 9.17) is 4.74 Å². The minimum atomic E-state index is -0.462. The van der Waals surface area contributed by atoms with Crippen LogP contribution in [0.1, 0.15) is 91.0 Å². The summed E-state index contributed by atoms with van der Waals surface area (Å²) in [6, 6.07) is 6.66. The molecule has 1 heterocycles. The smallest absolute Gasteiger partial charge is 0.407 e. The molecule has 0 fully saturated rings. The van der Waals surface area contributed by atoms with Gasteiger partial charge in [0.05, 0.1) is 10.2 Å². The zero-order valence-electron chi connectivity index (χ0n) is 19.9. The van der Waals surface area contributed by atoms with E-state index in [1.807, 2.05) is 20.8 Å². The molecule has 2 aromatic rings. The first-order valence-electron chi connectivity index (χ1n) is 12.0. The van der Waals surface area contributed by atoms with Crippen molar-refractivity contribution >= 4 is 32.8 Å². The van der Waals surface area contributed by atoms with Crippen LogP contribution in [-0.2, 0) is 11.2 Å². The van der Waals surface area contributed by atoms with Crippen LogP contribution in [0.5, 0.6) is 0 Å². The van der Waals surface area contributed by atoms with Gasteiger partial charge in [0.2, 0.25) is 0 Å². The van der Waals surface area contributed by atoms with Crippen molar-refractivity contribution < 1.29 is 9.53 Å². The molecule has 0 bridgehead atoms. The molecular formula is C25H41N3O2S. The fraction of sp³-hybridized carbons (Fsp3) is 0.680. The topological polar surface area (TPSA) is 63.2 Å². The number of anilines is 1. The zero-order valence-corrected chi connectivity index (χ0v) is 20.7. The summed E-state index contributed by atoms with van der Waals surface area (Å²) in [5, 5.41) is 7.10. The second-order valence-electron chi connectivity index (χ2n) is 9.25. The summed E-state index contributed by atoms with van der Waals surface area (Å²) in [4.78, 5) is 16.3. The van der Waals surface area contributed by atoms with Gasteiger partial charge in [-0.2, -0.15) is 0 Å². The second-order valence-corrected chi connectivity index (χ2v) is 10.3. The van der Waals surface area contributed by atoms with E-state index in [-0.39, 0.29) is 6.09 Å². The van der Waals surface area contributed by atoms with E-state index in [1.165, 1.54) is 61.6 Å². The highest BCUT2D eigenvalue weighted by molar-refractivity contribution is 7.22. The van der Waals surface area contributed by atoms with Crippen LogP contribution in [0.3, 0.4) is 0 Å². The molecular weight excluding hydrogens is 406 g/mol. The lowest BCUT2D eigenvalue weighted by atomic mass is 10.0. The number of amides is 1. The number of alkyl carbamates (subject to hydrolysis) is 1. The van der Waals surface area contributed by atoms with Crippen LogP contribution < -0.4 is 10.6 Å². The summed E-state index contributed by atoms with van der Waals surface area (Å²) in [5.74, 6) is 0. The summed E-state index contributed by atoms with van der Waals surface area (Å²) in [6.07, 6.45) is 12.5. The third-order valence-corrected chi connectivity index (χ3v) is 6.05. The molecule has 0 aliphatic carbocycles. The predicted molar refractivity (Wildman–Crippen MR) is 133 cm³/mol. The normalized spacial score (nSPS) is 11.6. The molecule has 0 unspecified atom stereocenters. The van der Waals surface area contributed by atoms with Gasteiger partial charge in [0.25, 0.3) is 0 Å². The summed E-state index contributed by atoms with van der Waals surface area (Å²) in [7, 11) is 0. The molecule has 0 atom stereocenters. The van der Waals surface area contributed by atoms with Crippen LogP contribution in [0.2, 0.25) is 0 Å². The quantitative estimate of drug-likeness (QED) is 0.298. The molecule has 0 spiro atoms. The number of carbonyl (C=O) groups excluding carboxylic acids is 1. The van der Waals surface area contributed by atoms with Gasteiger partial charge in [-0.3, -0.25) is 0 Å². The maximum atomic E-state index is 11.6. The van der Waals surface area contributed by atoms with Gasteiger partial charge in [-0.1, -0.05) is 69.3 Å². The van der Waals surface area contributed by atoms with Crippen molar-refractivity contribution in [3.05, 3.63) is 23.8 Å². The number of nitrogens with one attached hydrogen (secondary N) is 2. The maximum Gasteiger partial charge on any atom is 0.407 e. The van der Waals surface area contributed by atoms with Gasteiger partial charge in [0.1, 0.15) is 5.60 Å². The monoisotopic (exact) mass is 447 g/mol. The Morgan fingerprint density at radius 3 is 2.42 bits per heavy atom. The van der Waals surface area contributed by atoms with E-state index < -0.39 is 5.60 Å². The van der Waals surface area contributed by atoms with Gasteiger partial charge in [0, 0.05) is 13.1 Å². The number of rotatable bonds is 14. The average Bonchev–Trinajstić information content (AvgIpc) is 3.10. The van der Waals surface area contributed by atoms with E-state index in [2.05, 4.69) is 40.7 Å². The van der Waals surface area contributed by atoms with Gasteiger partial charge >= 0.3 is 6.09 Å². The van der Waals surface area contributed by atoms with Crippen LogP contribution in [0.15, 0.2) is 18.2 Å². The SMILES string of the molecule is CCCCCCCCCCc1ccc2nc(NCCCNC(=O)OC(C)(C)C)sc2c1. The Hall–Kier alpha value is -1.82. The number of hydrogen-bond acceptors (Lipinski definition) is 5. The summed E-state index contributed by atoms with van der Waals surface area (Å²) in [5.41, 5.74) is 2.01. The summed E-state index contributed by atoms with van der Waals surface area (Å²) < 4.78 is 6.48. The van der Waals surface area contributed by atoms with Gasteiger partial charge in [-0.05, 0) is 57.7 Å². The molecule has 0 aliphatic heterocycles. The van der Waals surface area contributed by atoms with Crippen LogP contribution in [0, 0.1) is 0 Å². The molecule has 31 heavy (non-hydrogen) atoms. The van der Waals surface area contributed by atoms with Crippen LogP contribution >= 0.6 is 11.3 Å². The van der Waals surface area contributed by atoms with E-state index in [9.17, 15) is 4.79 Å². The number of carbonyl (C=O) groups is 1. The predicted octanol–water partition coefficient (Wildman–Crippen LogP) is 7.31. The Morgan fingerprint density at radius 1 is 1.00 bits per heavy atom. The van der Waals surface area contributed by atoms with Crippen LogP contribution in [-0.4, -0.2) is 29.8 Å². The number of aromatic nitrogens is 1. The molecule has 1 amide bonds. The lowest BCUT2D eigenvalue weighted by Crippen LogP contribution is -2.33. The molecule has 0 saturated carbocycles. The number of nitrogens with zero attached hydrogens (tertiary/aromatic N) is 1. The van der Waals surface area contributed by atoms with Crippen LogP contribution in [0.4, 0.5) is 9.93 Å². The molecule has 0 radical (unpaired) electrons. The van der Waals surface area contributed by atoms with Gasteiger partial charge < -0.3 is 15.4 Å². The molecule has 5 nitrogen and oxygen atoms in total. The first-order valence-corrected chi connectivity index (χ1v) is 12.8. The van der Waals surface area contributed by atoms with Crippen molar-refractivity contribution in [2.75, 3.05) is 18.4 Å². The molecule has 1 aromatic carbocycles. The lowest BCUT2D eigenvalue weighted by molar-refractivity contribution is 0.0528. The Kier molecular flexibility index (Phi) is 11.1. The minimum absolute atomic E-state index is 0.364. The second kappa shape index (κ2) is 13.6. The molecule has 6 heteroatoms.